The molecule has 2 aromatic heterocycles. The largest absolute Gasteiger partial charge is 0.410 e. The highest BCUT2D eigenvalue weighted by Crippen LogP contribution is 2.29. The van der Waals surface area contributed by atoms with Crippen LogP contribution < -0.4 is 5.32 Å². The van der Waals surface area contributed by atoms with E-state index in [1.807, 2.05) is 56.5 Å². The number of hydrogen-bond acceptors (Lipinski definition) is 6. The number of aryl methyl sites for hydroxylation is 2. The molecule has 0 bridgehead atoms. The third-order valence-electron chi connectivity index (χ3n) is 3.44. The van der Waals surface area contributed by atoms with Gasteiger partial charge in [0.1, 0.15) is 0 Å². The Bertz CT molecular complexity index is 843. The summed E-state index contributed by atoms with van der Waals surface area (Å²) in [6, 6.07) is 9.83. The van der Waals surface area contributed by atoms with E-state index < -0.39 is 0 Å². The second-order valence-corrected chi connectivity index (χ2v) is 7.66. The van der Waals surface area contributed by atoms with Crippen molar-refractivity contribution in [2.75, 3.05) is 5.32 Å². The maximum atomic E-state index is 12.4. The molecule has 0 radical (unpaired) electrons. The minimum Gasteiger partial charge on any atom is -0.410 e. The molecular formula is C17H17N3O2S2. The van der Waals surface area contributed by atoms with Crippen molar-refractivity contribution in [3.8, 4) is 10.8 Å². The quantitative estimate of drug-likeness (QED) is 0.678. The summed E-state index contributed by atoms with van der Waals surface area (Å²) in [6.45, 7) is 5.79. The first-order valence-corrected chi connectivity index (χ1v) is 9.21. The van der Waals surface area contributed by atoms with Gasteiger partial charge in [-0.3, -0.25) is 4.79 Å². The summed E-state index contributed by atoms with van der Waals surface area (Å²) < 4.78 is 5.61. The average molecular weight is 359 g/mol. The molecule has 0 fully saturated rings. The summed E-state index contributed by atoms with van der Waals surface area (Å²) >= 11 is 2.79. The van der Waals surface area contributed by atoms with Gasteiger partial charge in [-0.1, -0.05) is 30.0 Å². The molecular weight excluding hydrogens is 342 g/mol. The summed E-state index contributed by atoms with van der Waals surface area (Å²) in [4.78, 5) is 13.3. The van der Waals surface area contributed by atoms with Gasteiger partial charge in [0, 0.05) is 5.69 Å². The normalized spacial score (nSPS) is 12.1. The predicted molar refractivity (Wildman–Crippen MR) is 97.5 cm³/mol. The Morgan fingerprint density at radius 2 is 2.12 bits per heavy atom. The molecule has 0 saturated heterocycles. The lowest BCUT2D eigenvalue weighted by Gasteiger charge is -2.12. The van der Waals surface area contributed by atoms with Gasteiger partial charge in [0.2, 0.25) is 5.91 Å². The van der Waals surface area contributed by atoms with Crippen LogP contribution in [-0.4, -0.2) is 21.4 Å². The van der Waals surface area contributed by atoms with E-state index in [0.717, 1.165) is 21.7 Å². The van der Waals surface area contributed by atoms with E-state index in [4.69, 9.17) is 4.42 Å². The lowest BCUT2D eigenvalue weighted by Crippen LogP contribution is -2.22. The SMILES string of the molecule is Cc1ccc(C)c(NC(=O)[C@@H](C)Sc2nnc(-c3cccs3)o2)c1. The zero-order valence-corrected chi connectivity index (χ0v) is 15.2. The molecule has 0 spiro atoms. The fourth-order valence-corrected chi connectivity index (χ4v) is 3.39. The number of benzene rings is 1. The van der Waals surface area contributed by atoms with Crippen molar-refractivity contribution in [1.29, 1.82) is 0 Å². The molecule has 24 heavy (non-hydrogen) atoms. The standard InChI is InChI=1S/C17H17N3O2S2/c1-10-6-7-11(2)13(9-10)18-15(21)12(3)24-17-20-19-16(22-17)14-5-4-8-23-14/h4-9,12H,1-3H3,(H,18,21)/t12-/m1/s1. The molecule has 2 heterocycles. The highest BCUT2D eigenvalue weighted by Gasteiger charge is 2.19. The highest BCUT2D eigenvalue weighted by atomic mass is 32.2. The van der Waals surface area contributed by atoms with Crippen LogP contribution in [0.5, 0.6) is 0 Å². The molecule has 3 rings (SSSR count). The van der Waals surface area contributed by atoms with E-state index in [1.165, 1.54) is 23.1 Å². The topological polar surface area (TPSA) is 68.0 Å². The third-order valence-corrected chi connectivity index (χ3v) is 5.23. The molecule has 0 unspecified atom stereocenters. The molecule has 1 atom stereocenters. The molecule has 0 aliphatic rings. The second kappa shape index (κ2) is 7.19. The zero-order valence-electron chi connectivity index (χ0n) is 13.6. The van der Waals surface area contributed by atoms with Gasteiger partial charge in [-0.25, -0.2) is 0 Å². The molecule has 124 valence electrons. The molecule has 1 aromatic carbocycles. The minimum atomic E-state index is -0.346. The molecule has 3 aromatic rings. The number of nitrogens with one attached hydrogen (secondary N) is 1. The lowest BCUT2D eigenvalue weighted by molar-refractivity contribution is -0.115. The maximum Gasteiger partial charge on any atom is 0.277 e. The molecule has 7 heteroatoms. The van der Waals surface area contributed by atoms with Gasteiger partial charge in [-0.2, -0.15) is 0 Å². The Labute approximate surface area is 148 Å². The number of aromatic nitrogens is 2. The van der Waals surface area contributed by atoms with Crippen LogP contribution in [-0.2, 0) is 4.79 Å². The number of thioether (sulfide) groups is 1. The minimum absolute atomic E-state index is 0.0930. The van der Waals surface area contributed by atoms with Gasteiger partial charge in [0.15, 0.2) is 0 Å². The van der Waals surface area contributed by atoms with Crippen LogP contribution in [0.15, 0.2) is 45.4 Å². The number of thiophene rings is 1. The number of rotatable bonds is 5. The van der Waals surface area contributed by atoms with Crippen molar-refractivity contribution in [1.82, 2.24) is 10.2 Å². The Balaban J connectivity index is 1.65. The Hall–Kier alpha value is -2.12. The molecule has 1 amide bonds. The van der Waals surface area contributed by atoms with Crippen molar-refractivity contribution in [3.63, 3.8) is 0 Å². The first kappa shape index (κ1) is 16.7. The van der Waals surface area contributed by atoms with Crippen LogP contribution in [0.4, 0.5) is 5.69 Å². The van der Waals surface area contributed by atoms with Crippen LogP contribution >= 0.6 is 23.1 Å². The Morgan fingerprint density at radius 1 is 1.29 bits per heavy atom. The summed E-state index contributed by atoms with van der Waals surface area (Å²) in [5, 5.41) is 13.0. The van der Waals surface area contributed by atoms with Gasteiger partial charge in [0.05, 0.1) is 10.1 Å². The number of hydrogen-bond donors (Lipinski definition) is 1. The summed E-state index contributed by atoms with van der Waals surface area (Å²) in [6.07, 6.45) is 0. The van der Waals surface area contributed by atoms with E-state index in [0.29, 0.717) is 11.1 Å². The summed E-state index contributed by atoms with van der Waals surface area (Å²) in [5.74, 6) is 0.388. The van der Waals surface area contributed by atoms with Gasteiger partial charge in [-0.15, -0.1) is 21.5 Å². The van der Waals surface area contributed by atoms with Crippen molar-refractivity contribution < 1.29 is 9.21 Å². The van der Waals surface area contributed by atoms with Gasteiger partial charge >= 0.3 is 0 Å². The van der Waals surface area contributed by atoms with Gasteiger partial charge < -0.3 is 9.73 Å². The molecule has 0 aliphatic carbocycles. The zero-order chi connectivity index (χ0) is 17.1. The maximum absolute atomic E-state index is 12.4. The van der Waals surface area contributed by atoms with Crippen LogP contribution in [0.25, 0.3) is 10.8 Å². The van der Waals surface area contributed by atoms with E-state index >= 15 is 0 Å². The van der Waals surface area contributed by atoms with Crippen LogP contribution in [0.1, 0.15) is 18.1 Å². The predicted octanol–water partition coefficient (Wildman–Crippen LogP) is 4.53. The van der Waals surface area contributed by atoms with E-state index in [1.54, 1.807) is 0 Å². The van der Waals surface area contributed by atoms with Crippen LogP contribution in [0, 0.1) is 13.8 Å². The second-order valence-electron chi connectivity index (χ2n) is 5.42. The van der Waals surface area contributed by atoms with Crippen molar-refractivity contribution in [3.05, 3.63) is 46.8 Å². The van der Waals surface area contributed by atoms with E-state index in [-0.39, 0.29) is 11.2 Å². The number of amides is 1. The molecule has 0 saturated carbocycles. The summed E-state index contributed by atoms with van der Waals surface area (Å²) in [5.41, 5.74) is 2.97. The molecule has 5 nitrogen and oxygen atoms in total. The first-order valence-electron chi connectivity index (χ1n) is 7.45. The third kappa shape index (κ3) is 3.85. The molecule has 1 N–H and O–H groups in total. The van der Waals surface area contributed by atoms with Crippen molar-refractivity contribution >= 4 is 34.7 Å². The molecule has 0 aliphatic heterocycles. The van der Waals surface area contributed by atoms with Crippen LogP contribution in [0.2, 0.25) is 0 Å². The van der Waals surface area contributed by atoms with Crippen molar-refractivity contribution in [2.24, 2.45) is 0 Å². The monoisotopic (exact) mass is 359 g/mol. The first-order chi connectivity index (χ1) is 11.5. The Kier molecular flexibility index (Phi) is 5.01. The fraction of sp³-hybridized carbons (Fsp3) is 0.235. The highest BCUT2D eigenvalue weighted by molar-refractivity contribution is 8.00. The lowest BCUT2D eigenvalue weighted by atomic mass is 10.1. The van der Waals surface area contributed by atoms with Gasteiger partial charge in [0.25, 0.3) is 11.1 Å². The smallest absolute Gasteiger partial charge is 0.277 e. The fourth-order valence-electron chi connectivity index (χ4n) is 2.07. The van der Waals surface area contributed by atoms with Gasteiger partial charge in [-0.05, 0) is 49.4 Å². The Morgan fingerprint density at radius 3 is 2.88 bits per heavy atom. The van der Waals surface area contributed by atoms with E-state index in [2.05, 4.69) is 15.5 Å². The number of nitrogens with zero attached hydrogens (tertiary/aromatic N) is 2. The average Bonchev–Trinajstić information content (AvgIpc) is 3.21. The number of carbonyl (C=O) groups is 1. The number of anilines is 1. The number of carbonyl (C=O) groups excluding carboxylic acids is 1. The van der Waals surface area contributed by atoms with Crippen molar-refractivity contribution in [2.45, 2.75) is 31.2 Å². The summed E-state index contributed by atoms with van der Waals surface area (Å²) in [7, 11) is 0. The van der Waals surface area contributed by atoms with E-state index in [9.17, 15) is 4.79 Å². The van der Waals surface area contributed by atoms with Crippen LogP contribution in [0.3, 0.4) is 0 Å².